The molecule has 0 aliphatic carbocycles. The molecule has 25 heavy (non-hydrogen) atoms. The molecule has 1 aromatic heterocycles. The lowest BCUT2D eigenvalue weighted by atomic mass is 10.1. The molecule has 1 fully saturated rings. The summed E-state index contributed by atoms with van der Waals surface area (Å²) in [6.07, 6.45) is 5.18. The summed E-state index contributed by atoms with van der Waals surface area (Å²) in [7, 11) is 0. The molecule has 0 saturated carbocycles. The number of piperidine rings is 1. The summed E-state index contributed by atoms with van der Waals surface area (Å²) < 4.78 is 28.8. The van der Waals surface area contributed by atoms with E-state index in [2.05, 4.69) is 19.9 Å². The third kappa shape index (κ3) is 4.65. The molecule has 0 spiro atoms. The summed E-state index contributed by atoms with van der Waals surface area (Å²) in [5, 5.41) is 2.71. The zero-order valence-electron chi connectivity index (χ0n) is 13.6. The number of benzene rings is 1. The Bertz CT molecular complexity index is 717. The normalized spacial score (nSPS) is 14.4. The zero-order valence-corrected chi connectivity index (χ0v) is 13.6. The number of anilines is 2. The first-order chi connectivity index (χ1) is 12.1. The third-order valence-electron chi connectivity index (χ3n) is 4.01. The highest BCUT2D eigenvalue weighted by atomic mass is 19.3. The van der Waals surface area contributed by atoms with E-state index in [1.807, 2.05) is 6.07 Å². The number of aromatic nitrogens is 1. The number of hydrogen-bond donors (Lipinski definition) is 1. The van der Waals surface area contributed by atoms with Gasteiger partial charge in [0, 0.05) is 18.7 Å². The van der Waals surface area contributed by atoms with Gasteiger partial charge >= 0.3 is 6.61 Å². The fourth-order valence-electron chi connectivity index (χ4n) is 2.79. The predicted octanol–water partition coefficient (Wildman–Crippen LogP) is 3.93. The Balaban J connectivity index is 1.64. The molecule has 3 rings (SSSR count). The Hall–Kier alpha value is -2.70. The first-order valence-electron chi connectivity index (χ1n) is 8.19. The van der Waals surface area contributed by atoms with Crippen molar-refractivity contribution in [2.45, 2.75) is 25.9 Å². The Kier molecular flexibility index (Phi) is 5.42. The SMILES string of the molecule is O=C(Nc1ccc(N2CCCCC2)nc1)c1cccc(OC(F)F)c1. The predicted molar refractivity (Wildman–Crippen MR) is 91.3 cm³/mol. The summed E-state index contributed by atoms with van der Waals surface area (Å²) in [6, 6.07) is 9.33. The van der Waals surface area contributed by atoms with Gasteiger partial charge in [0.25, 0.3) is 5.91 Å². The number of hydrogen-bond acceptors (Lipinski definition) is 4. The van der Waals surface area contributed by atoms with Gasteiger partial charge in [0.05, 0.1) is 11.9 Å². The Morgan fingerprint density at radius 2 is 1.96 bits per heavy atom. The van der Waals surface area contributed by atoms with Crippen molar-refractivity contribution < 1.29 is 18.3 Å². The number of halogens is 2. The molecule has 0 atom stereocenters. The van der Waals surface area contributed by atoms with Crippen LogP contribution in [0.15, 0.2) is 42.6 Å². The van der Waals surface area contributed by atoms with Crippen molar-refractivity contribution in [2.24, 2.45) is 0 Å². The van der Waals surface area contributed by atoms with Gasteiger partial charge in [-0.05, 0) is 49.6 Å². The van der Waals surface area contributed by atoms with Crippen LogP contribution in [0.5, 0.6) is 5.75 Å². The summed E-state index contributed by atoms with van der Waals surface area (Å²) in [5.41, 5.74) is 0.782. The van der Waals surface area contributed by atoms with Gasteiger partial charge in [-0.3, -0.25) is 4.79 Å². The molecule has 0 radical (unpaired) electrons. The van der Waals surface area contributed by atoms with E-state index in [1.165, 1.54) is 30.7 Å². The molecule has 132 valence electrons. The largest absolute Gasteiger partial charge is 0.435 e. The first-order valence-corrected chi connectivity index (χ1v) is 8.19. The van der Waals surface area contributed by atoms with Crippen molar-refractivity contribution >= 4 is 17.4 Å². The number of amides is 1. The molecule has 0 unspecified atom stereocenters. The summed E-state index contributed by atoms with van der Waals surface area (Å²) in [5.74, 6) is 0.429. The molecule has 2 heterocycles. The minimum Gasteiger partial charge on any atom is -0.435 e. The van der Waals surface area contributed by atoms with Crippen LogP contribution in [-0.2, 0) is 0 Å². The van der Waals surface area contributed by atoms with E-state index < -0.39 is 12.5 Å². The molecule has 1 amide bonds. The lowest BCUT2D eigenvalue weighted by Crippen LogP contribution is -2.30. The maximum absolute atomic E-state index is 12.3. The van der Waals surface area contributed by atoms with E-state index in [-0.39, 0.29) is 11.3 Å². The Morgan fingerprint density at radius 3 is 2.64 bits per heavy atom. The highest BCUT2D eigenvalue weighted by Crippen LogP contribution is 2.20. The van der Waals surface area contributed by atoms with Crippen LogP contribution >= 0.6 is 0 Å². The van der Waals surface area contributed by atoms with E-state index in [0.717, 1.165) is 31.7 Å². The van der Waals surface area contributed by atoms with Crippen LogP contribution in [0.2, 0.25) is 0 Å². The highest BCUT2D eigenvalue weighted by Gasteiger charge is 2.13. The molecule has 5 nitrogen and oxygen atoms in total. The average molecular weight is 347 g/mol. The van der Waals surface area contributed by atoms with E-state index in [0.29, 0.717) is 5.69 Å². The molecule has 7 heteroatoms. The molecule has 1 aliphatic heterocycles. The van der Waals surface area contributed by atoms with Crippen molar-refractivity contribution in [3.8, 4) is 5.75 Å². The Labute approximate surface area is 144 Å². The van der Waals surface area contributed by atoms with Gasteiger partial charge in [-0.2, -0.15) is 8.78 Å². The minimum atomic E-state index is -2.93. The van der Waals surface area contributed by atoms with Gasteiger partial charge < -0.3 is 15.0 Å². The third-order valence-corrected chi connectivity index (χ3v) is 4.01. The summed E-state index contributed by atoms with van der Waals surface area (Å²) >= 11 is 0. The molecular formula is C18H19F2N3O2. The number of pyridine rings is 1. The molecule has 2 aromatic rings. The average Bonchev–Trinajstić information content (AvgIpc) is 2.63. The number of carbonyl (C=O) groups is 1. The van der Waals surface area contributed by atoms with Crippen LogP contribution < -0.4 is 15.0 Å². The van der Waals surface area contributed by atoms with Crippen molar-refractivity contribution in [1.82, 2.24) is 4.98 Å². The van der Waals surface area contributed by atoms with Crippen molar-refractivity contribution in [2.75, 3.05) is 23.3 Å². The van der Waals surface area contributed by atoms with Crippen LogP contribution in [0.4, 0.5) is 20.3 Å². The van der Waals surface area contributed by atoms with E-state index in [1.54, 1.807) is 12.3 Å². The molecular weight excluding hydrogens is 328 g/mol. The van der Waals surface area contributed by atoms with Crippen LogP contribution in [-0.4, -0.2) is 30.6 Å². The number of nitrogens with one attached hydrogen (secondary N) is 1. The number of rotatable bonds is 5. The molecule has 1 N–H and O–H groups in total. The van der Waals surface area contributed by atoms with E-state index >= 15 is 0 Å². The fraction of sp³-hybridized carbons (Fsp3) is 0.333. The van der Waals surface area contributed by atoms with Gasteiger partial charge in [0.15, 0.2) is 0 Å². The van der Waals surface area contributed by atoms with Crippen molar-refractivity contribution in [3.63, 3.8) is 0 Å². The fourth-order valence-corrected chi connectivity index (χ4v) is 2.79. The quantitative estimate of drug-likeness (QED) is 0.890. The second-order valence-electron chi connectivity index (χ2n) is 5.81. The lowest BCUT2D eigenvalue weighted by Gasteiger charge is -2.27. The van der Waals surface area contributed by atoms with E-state index in [4.69, 9.17) is 0 Å². The lowest BCUT2D eigenvalue weighted by molar-refractivity contribution is -0.0498. The second-order valence-corrected chi connectivity index (χ2v) is 5.81. The van der Waals surface area contributed by atoms with Gasteiger partial charge in [-0.1, -0.05) is 6.07 Å². The first kappa shape index (κ1) is 17.1. The maximum Gasteiger partial charge on any atom is 0.387 e. The molecule has 0 bridgehead atoms. The Morgan fingerprint density at radius 1 is 1.16 bits per heavy atom. The molecule has 1 aromatic carbocycles. The standard InChI is InChI=1S/C18H19F2N3O2/c19-18(20)25-15-6-4-5-13(11-15)17(24)22-14-7-8-16(21-12-14)23-9-2-1-3-10-23/h4-8,11-12,18H,1-3,9-10H2,(H,22,24). The summed E-state index contributed by atoms with van der Waals surface area (Å²) in [4.78, 5) is 18.9. The van der Waals surface area contributed by atoms with E-state index in [9.17, 15) is 13.6 Å². The number of ether oxygens (including phenoxy) is 1. The highest BCUT2D eigenvalue weighted by molar-refractivity contribution is 6.04. The molecule has 1 aliphatic rings. The van der Waals surface area contributed by atoms with Gasteiger partial charge in [-0.25, -0.2) is 4.98 Å². The van der Waals surface area contributed by atoms with Crippen molar-refractivity contribution in [1.29, 1.82) is 0 Å². The minimum absolute atomic E-state index is 0.0544. The van der Waals surface area contributed by atoms with Gasteiger partial charge in [0.1, 0.15) is 11.6 Å². The van der Waals surface area contributed by atoms with Crippen LogP contribution in [0.1, 0.15) is 29.6 Å². The number of nitrogens with zero attached hydrogens (tertiary/aromatic N) is 2. The number of alkyl halides is 2. The second kappa shape index (κ2) is 7.92. The zero-order chi connectivity index (χ0) is 17.6. The monoisotopic (exact) mass is 347 g/mol. The van der Waals surface area contributed by atoms with Gasteiger partial charge in [-0.15, -0.1) is 0 Å². The van der Waals surface area contributed by atoms with Crippen molar-refractivity contribution in [3.05, 3.63) is 48.2 Å². The van der Waals surface area contributed by atoms with Crippen LogP contribution in [0, 0.1) is 0 Å². The number of carbonyl (C=O) groups excluding carboxylic acids is 1. The molecule has 1 saturated heterocycles. The van der Waals surface area contributed by atoms with Gasteiger partial charge in [0.2, 0.25) is 0 Å². The summed E-state index contributed by atoms with van der Waals surface area (Å²) in [6.45, 7) is -0.935. The topological polar surface area (TPSA) is 54.5 Å². The smallest absolute Gasteiger partial charge is 0.387 e. The van der Waals surface area contributed by atoms with Crippen LogP contribution in [0.25, 0.3) is 0 Å². The van der Waals surface area contributed by atoms with Crippen LogP contribution in [0.3, 0.4) is 0 Å². The maximum atomic E-state index is 12.3.